The van der Waals surface area contributed by atoms with E-state index in [-0.39, 0.29) is 5.54 Å². The fourth-order valence-electron chi connectivity index (χ4n) is 1.75. The molecular formula is C11H18N2S2. The summed E-state index contributed by atoms with van der Waals surface area (Å²) >= 11 is 3.81. The molecule has 1 aliphatic rings. The van der Waals surface area contributed by atoms with Gasteiger partial charge in [-0.25, -0.2) is 4.98 Å². The molecule has 1 atom stereocenters. The maximum absolute atomic E-state index is 4.38. The molecule has 0 spiro atoms. The third-order valence-electron chi connectivity index (χ3n) is 2.82. The fraction of sp³-hybridized carbons (Fsp3) is 0.727. The summed E-state index contributed by atoms with van der Waals surface area (Å²) in [6.45, 7) is 5.56. The van der Waals surface area contributed by atoms with Crippen LogP contribution in [0.5, 0.6) is 0 Å². The molecule has 1 saturated heterocycles. The van der Waals surface area contributed by atoms with Crippen molar-refractivity contribution in [3.63, 3.8) is 0 Å². The lowest BCUT2D eigenvalue weighted by Gasteiger charge is -2.25. The Morgan fingerprint density at radius 1 is 1.60 bits per heavy atom. The average molecular weight is 242 g/mol. The Morgan fingerprint density at radius 2 is 2.47 bits per heavy atom. The predicted octanol–water partition coefficient (Wildman–Crippen LogP) is 2.72. The van der Waals surface area contributed by atoms with Gasteiger partial charge in [0.25, 0.3) is 0 Å². The van der Waals surface area contributed by atoms with Gasteiger partial charge in [-0.2, -0.15) is 11.8 Å². The van der Waals surface area contributed by atoms with E-state index in [1.165, 1.54) is 22.9 Å². The maximum Gasteiger partial charge on any atom is 0.112 e. The van der Waals surface area contributed by atoms with Crippen molar-refractivity contribution in [3.05, 3.63) is 16.6 Å². The van der Waals surface area contributed by atoms with Gasteiger partial charge in [-0.1, -0.05) is 0 Å². The summed E-state index contributed by atoms with van der Waals surface area (Å²) in [6, 6.07) is 0. The first kappa shape index (κ1) is 11.4. The van der Waals surface area contributed by atoms with Crippen molar-refractivity contribution < 1.29 is 0 Å². The largest absolute Gasteiger partial charge is 0.306 e. The molecular weight excluding hydrogens is 224 g/mol. The molecule has 1 aliphatic heterocycles. The van der Waals surface area contributed by atoms with Crippen molar-refractivity contribution in [1.29, 1.82) is 0 Å². The highest BCUT2D eigenvalue weighted by Gasteiger charge is 2.25. The minimum absolute atomic E-state index is 0.0292. The first-order valence-electron chi connectivity index (χ1n) is 5.41. The zero-order valence-corrected chi connectivity index (χ0v) is 11.0. The molecule has 1 aromatic rings. The summed E-state index contributed by atoms with van der Waals surface area (Å²) in [5, 5.41) is 6.87. The Bertz CT molecular complexity index is 290. The van der Waals surface area contributed by atoms with E-state index in [4.69, 9.17) is 0 Å². The summed E-state index contributed by atoms with van der Waals surface area (Å²) in [6.07, 6.45) is 3.25. The number of thiazole rings is 1. The summed E-state index contributed by atoms with van der Waals surface area (Å²) < 4.78 is 0. The van der Waals surface area contributed by atoms with Crippen molar-refractivity contribution in [1.82, 2.24) is 10.3 Å². The van der Waals surface area contributed by atoms with Crippen molar-refractivity contribution in [2.75, 3.05) is 18.1 Å². The van der Waals surface area contributed by atoms with Crippen LogP contribution in [0.4, 0.5) is 0 Å². The molecule has 4 heteroatoms. The van der Waals surface area contributed by atoms with Crippen LogP contribution in [0, 0.1) is 5.92 Å². The van der Waals surface area contributed by atoms with Gasteiger partial charge in [0.2, 0.25) is 0 Å². The van der Waals surface area contributed by atoms with Crippen LogP contribution in [0.2, 0.25) is 0 Å². The van der Waals surface area contributed by atoms with Gasteiger partial charge in [0, 0.05) is 11.6 Å². The van der Waals surface area contributed by atoms with Gasteiger partial charge < -0.3 is 5.32 Å². The van der Waals surface area contributed by atoms with Crippen molar-refractivity contribution >= 4 is 23.1 Å². The van der Waals surface area contributed by atoms with E-state index in [1.54, 1.807) is 11.3 Å². The number of nitrogens with zero attached hydrogens (tertiary/aromatic N) is 1. The van der Waals surface area contributed by atoms with Crippen molar-refractivity contribution in [3.8, 4) is 0 Å². The molecule has 1 N–H and O–H groups in total. The molecule has 1 unspecified atom stereocenters. The van der Waals surface area contributed by atoms with E-state index in [0.717, 1.165) is 12.5 Å². The minimum atomic E-state index is 0.0292. The number of hydrogen-bond donors (Lipinski definition) is 1. The van der Waals surface area contributed by atoms with E-state index in [1.807, 2.05) is 11.6 Å². The van der Waals surface area contributed by atoms with Gasteiger partial charge in [-0.15, -0.1) is 11.3 Å². The van der Waals surface area contributed by atoms with Gasteiger partial charge in [-0.3, -0.25) is 0 Å². The highest BCUT2D eigenvalue weighted by Crippen LogP contribution is 2.26. The monoisotopic (exact) mass is 242 g/mol. The predicted molar refractivity (Wildman–Crippen MR) is 68.6 cm³/mol. The number of aromatic nitrogens is 1. The fourth-order valence-corrected chi connectivity index (χ4v) is 3.78. The van der Waals surface area contributed by atoms with Gasteiger partial charge in [-0.05, 0) is 44.2 Å². The number of nitrogens with one attached hydrogen (secondary N) is 1. The van der Waals surface area contributed by atoms with Crippen LogP contribution >= 0.6 is 23.1 Å². The van der Waals surface area contributed by atoms with E-state index in [2.05, 4.69) is 35.9 Å². The first-order chi connectivity index (χ1) is 7.18. The summed E-state index contributed by atoms with van der Waals surface area (Å²) in [4.78, 5) is 4.38. The summed E-state index contributed by atoms with van der Waals surface area (Å²) in [5.41, 5.74) is 0.0292. The van der Waals surface area contributed by atoms with Gasteiger partial charge in [0.1, 0.15) is 5.01 Å². The second-order valence-electron chi connectivity index (χ2n) is 4.57. The molecule has 2 nitrogen and oxygen atoms in total. The normalized spacial score (nSPS) is 22.1. The summed E-state index contributed by atoms with van der Waals surface area (Å²) in [5.74, 6) is 3.51. The van der Waals surface area contributed by atoms with Crippen LogP contribution in [0.25, 0.3) is 0 Å². The molecule has 0 saturated carbocycles. The Kier molecular flexibility index (Phi) is 3.69. The molecule has 2 rings (SSSR count). The molecule has 0 aromatic carbocycles. The molecule has 0 amide bonds. The standard InChI is InChI=1S/C11H18N2S2/c1-11(2,10-12-4-6-15-10)13-7-9-3-5-14-8-9/h4,6,9,13H,3,5,7-8H2,1-2H3. The van der Waals surface area contributed by atoms with Gasteiger partial charge in [0.05, 0.1) is 5.54 Å². The lowest BCUT2D eigenvalue weighted by atomic mass is 10.0. The zero-order valence-electron chi connectivity index (χ0n) is 9.32. The third kappa shape index (κ3) is 2.95. The van der Waals surface area contributed by atoms with Gasteiger partial charge >= 0.3 is 0 Å². The highest BCUT2D eigenvalue weighted by molar-refractivity contribution is 7.99. The van der Waals surface area contributed by atoms with Crippen LogP contribution in [-0.2, 0) is 5.54 Å². The van der Waals surface area contributed by atoms with E-state index < -0.39 is 0 Å². The smallest absolute Gasteiger partial charge is 0.112 e. The number of thioether (sulfide) groups is 1. The molecule has 84 valence electrons. The first-order valence-corrected chi connectivity index (χ1v) is 7.44. The van der Waals surface area contributed by atoms with Crippen LogP contribution < -0.4 is 5.32 Å². The van der Waals surface area contributed by atoms with E-state index in [9.17, 15) is 0 Å². The van der Waals surface area contributed by atoms with Crippen LogP contribution in [0.3, 0.4) is 0 Å². The molecule has 0 radical (unpaired) electrons. The summed E-state index contributed by atoms with van der Waals surface area (Å²) in [7, 11) is 0. The molecule has 1 aromatic heterocycles. The Morgan fingerprint density at radius 3 is 3.07 bits per heavy atom. The molecule has 0 bridgehead atoms. The van der Waals surface area contributed by atoms with Crippen LogP contribution in [0.15, 0.2) is 11.6 Å². The lowest BCUT2D eigenvalue weighted by molar-refractivity contribution is 0.366. The molecule has 1 fully saturated rings. The Hall–Kier alpha value is -0.0600. The van der Waals surface area contributed by atoms with Crippen LogP contribution in [0.1, 0.15) is 25.3 Å². The molecule has 2 heterocycles. The quantitative estimate of drug-likeness (QED) is 0.879. The second kappa shape index (κ2) is 4.85. The third-order valence-corrected chi connectivity index (χ3v) is 5.15. The van der Waals surface area contributed by atoms with E-state index in [0.29, 0.717) is 0 Å². The Balaban J connectivity index is 1.87. The number of rotatable bonds is 4. The average Bonchev–Trinajstić information content (AvgIpc) is 2.88. The van der Waals surface area contributed by atoms with E-state index >= 15 is 0 Å². The minimum Gasteiger partial charge on any atom is -0.306 e. The zero-order chi connectivity index (χ0) is 10.7. The van der Waals surface area contributed by atoms with Crippen molar-refractivity contribution in [2.24, 2.45) is 5.92 Å². The lowest BCUT2D eigenvalue weighted by Crippen LogP contribution is -2.39. The SMILES string of the molecule is CC(C)(NCC1CCSC1)c1nccs1. The van der Waals surface area contributed by atoms with Crippen molar-refractivity contribution in [2.45, 2.75) is 25.8 Å². The topological polar surface area (TPSA) is 24.9 Å². The highest BCUT2D eigenvalue weighted by atomic mass is 32.2. The van der Waals surface area contributed by atoms with Gasteiger partial charge in [0.15, 0.2) is 0 Å². The Labute approximate surface area is 99.9 Å². The second-order valence-corrected chi connectivity index (χ2v) is 6.62. The number of hydrogen-bond acceptors (Lipinski definition) is 4. The molecule has 15 heavy (non-hydrogen) atoms. The maximum atomic E-state index is 4.38. The molecule has 0 aliphatic carbocycles. The van der Waals surface area contributed by atoms with Crippen LogP contribution in [-0.4, -0.2) is 23.0 Å².